The van der Waals surface area contributed by atoms with Crippen LogP contribution in [0.3, 0.4) is 0 Å². The molecule has 26 heavy (non-hydrogen) atoms. The molecule has 2 aromatic rings. The van der Waals surface area contributed by atoms with Crippen LogP contribution in [0, 0.1) is 0 Å². The topological polar surface area (TPSA) is 55.6 Å². The second-order valence-electron chi connectivity index (χ2n) is 6.11. The average Bonchev–Trinajstić information content (AvgIpc) is 2.64. The van der Waals surface area contributed by atoms with Crippen molar-refractivity contribution in [1.29, 1.82) is 0 Å². The number of piperidine rings is 1. The second kappa shape index (κ2) is 9.47. The highest BCUT2D eigenvalue weighted by Gasteiger charge is 2.25. The van der Waals surface area contributed by atoms with E-state index in [0.717, 1.165) is 24.9 Å². The Morgan fingerprint density at radius 1 is 1.15 bits per heavy atom. The molecule has 1 saturated heterocycles. The molecule has 0 aromatic heterocycles. The third-order valence-electron chi connectivity index (χ3n) is 4.30. The summed E-state index contributed by atoms with van der Waals surface area (Å²) in [6.07, 6.45) is 1.74. The van der Waals surface area contributed by atoms with Crippen LogP contribution in [0.1, 0.15) is 28.8 Å². The number of benzene rings is 2. The zero-order valence-corrected chi connectivity index (χ0v) is 16.5. The highest BCUT2D eigenvalue weighted by molar-refractivity contribution is 6.42. The molecule has 0 bridgehead atoms. The van der Waals surface area contributed by atoms with Crippen molar-refractivity contribution >= 4 is 41.5 Å². The minimum absolute atomic E-state index is 0. The number of nitrogens with zero attached hydrogens (tertiary/aromatic N) is 1. The fraction of sp³-hybridized carbons (Fsp3) is 0.316. The highest BCUT2D eigenvalue weighted by Crippen LogP contribution is 2.28. The lowest BCUT2D eigenvalue weighted by Crippen LogP contribution is -2.44. The predicted molar refractivity (Wildman–Crippen MR) is 108 cm³/mol. The quantitative estimate of drug-likeness (QED) is 0.796. The van der Waals surface area contributed by atoms with Gasteiger partial charge in [0.05, 0.1) is 16.6 Å². The van der Waals surface area contributed by atoms with Gasteiger partial charge in [-0.15, -0.1) is 12.4 Å². The first-order valence-electron chi connectivity index (χ1n) is 8.27. The monoisotopic (exact) mass is 414 g/mol. The third kappa shape index (κ3) is 5.04. The van der Waals surface area contributed by atoms with E-state index in [-0.39, 0.29) is 24.4 Å². The fourth-order valence-electron chi connectivity index (χ4n) is 2.93. The van der Waals surface area contributed by atoms with Gasteiger partial charge in [-0.2, -0.15) is 0 Å². The number of ether oxygens (including phenoxy) is 1. The lowest BCUT2D eigenvalue weighted by molar-refractivity contribution is 0.0538. The number of carbonyl (C=O) groups excluding carboxylic acids is 1. The van der Waals surface area contributed by atoms with Gasteiger partial charge in [0.2, 0.25) is 0 Å². The summed E-state index contributed by atoms with van der Waals surface area (Å²) >= 11 is 12.0. The SMILES string of the molecule is Cl.NCc1ccc(C(=O)N2CCCC(Oc3ccc(Cl)c(Cl)c3)C2)cc1. The number of nitrogens with two attached hydrogens (primary N) is 1. The Kier molecular flexibility index (Phi) is 7.59. The number of amides is 1. The number of carbonyl (C=O) groups is 1. The third-order valence-corrected chi connectivity index (χ3v) is 5.03. The molecule has 0 saturated carbocycles. The van der Waals surface area contributed by atoms with Crippen LogP contribution in [0.25, 0.3) is 0 Å². The first-order valence-corrected chi connectivity index (χ1v) is 9.02. The van der Waals surface area contributed by atoms with Gasteiger partial charge in [-0.1, -0.05) is 35.3 Å². The van der Waals surface area contributed by atoms with Crippen molar-refractivity contribution in [3.8, 4) is 5.75 Å². The van der Waals surface area contributed by atoms with Crippen molar-refractivity contribution in [2.45, 2.75) is 25.5 Å². The minimum Gasteiger partial charge on any atom is -0.489 e. The van der Waals surface area contributed by atoms with E-state index in [9.17, 15) is 4.79 Å². The molecule has 1 atom stereocenters. The van der Waals surface area contributed by atoms with Gasteiger partial charge in [0.25, 0.3) is 5.91 Å². The molecule has 0 spiro atoms. The Labute approximate surface area is 169 Å². The number of halogens is 3. The maximum Gasteiger partial charge on any atom is 0.253 e. The Balaban J connectivity index is 0.00000243. The van der Waals surface area contributed by atoms with E-state index in [1.165, 1.54) is 0 Å². The van der Waals surface area contributed by atoms with E-state index in [4.69, 9.17) is 33.7 Å². The standard InChI is InChI=1S/C19H20Cl2N2O2.ClH/c20-17-8-7-15(10-18(17)21)25-16-2-1-9-23(12-16)19(24)14-5-3-13(11-22)4-6-14;/h3-8,10,16H,1-2,9,11-12,22H2;1H. The molecule has 2 N–H and O–H groups in total. The largest absolute Gasteiger partial charge is 0.489 e. The van der Waals surface area contributed by atoms with Crippen LogP contribution >= 0.6 is 35.6 Å². The van der Waals surface area contributed by atoms with Crippen molar-refractivity contribution < 1.29 is 9.53 Å². The molecule has 3 rings (SSSR count). The van der Waals surface area contributed by atoms with Gasteiger partial charge < -0.3 is 15.4 Å². The van der Waals surface area contributed by atoms with E-state index >= 15 is 0 Å². The molecule has 1 unspecified atom stereocenters. The molecule has 140 valence electrons. The summed E-state index contributed by atoms with van der Waals surface area (Å²) in [6.45, 7) is 1.76. The van der Waals surface area contributed by atoms with Crippen LogP contribution in [0.4, 0.5) is 0 Å². The van der Waals surface area contributed by atoms with Crippen LogP contribution in [-0.4, -0.2) is 30.0 Å². The Morgan fingerprint density at radius 2 is 1.88 bits per heavy atom. The smallest absolute Gasteiger partial charge is 0.253 e. The van der Waals surface area contributed by atoms with Gasteiger partial charge in [0.15, 0.2) is 0 Å². The summed E-state index contributed by atoms with van der Waals surface area (Å²) in [7, 11) is 0. The molecular weight excluding hydrogens is 395 g/mol. The zero-order chi connectivity index (χ0) is 17.8. The summed E-state index contributed by atoms with van der Waals surface area (Å²) in [4.78, 5) is 14.5. The summed E-state index contributed by atoms with van der Waals surface area (Å²) in [5.74, 6) is 0.687. The van der Waals surface area contributed by atoms with Crippen LogP contribution in [0.5, 0.6) is 5.75 Å². The molecule has 0 radical (unpaired) electrons. The Hall–Kier alpha value is -1.46. The van der Waals surface area contributed by atoms with Crippen molar-refractivity contribution in [2.24, 2.45) is 5.73 Å². The van der Waals surface area contributed by atoms with E-state index < -0.39 is 0 Å². The van der Waals surface area contributed by atoms with Gasteiger partial charge in [-0.05, 0) is 42.7 Å². The summed E-state index contributed by atoms with van der Waals surface area (Å²) in [6, 6.07) is 12.6. The number of rotatable bonds is 4. The maximum absolute atomic E-state index is 12.7. The normalized spacial score (nSPS) is 16.7. The number of hydrogen-bond donors (Lipinski definition) is 1. The maximum atomic E-state index is 12.7. The van der Waals surface area contributed by atoms with Crippen molar-refractivity contribution in [3.05, 3.63) is 63.6 Å². The summed E-state index contributed by atoms with van der Waals surface area (Å²) < 4.78 is 5.99. The first kappa shape index (κ1) is 20.8. The predicted octanol–water partition coefficient (Wildman–Crippen LogP) is 4.56. The zero-order valence-electron chi connectivity index (χ0n) is 14.2. The average molecular weight is 416 g/mol. The molecular formula is C19H21Cl3N2O2. The molecule has 1 aliphatic heterocycles. The summed E-state index contributed by atoms with van der Waals surface area (Å²) in [5, 5.41) is 0.957. The Morgan fingerprint density at radius 3 is 2.54 bits per heavy atom. The Bertz CT molecular complexity index is 753. The number of hydrogen-bond acceptors (Lipinski definition) is 3. The van der Waals surface area contributed by atoms with Crippen LogP contribution < -0.4 is 10.5 Å². The molecule has 4 nitrogen and oxygen atoms in total. The highest BCUT2D eigenvalue weighted by atomic mass is 35.5. The molecule has 2 aromatic carbocycles. The van der Waals surface area contributed by atoms with Gasteiger partial charge in [-0.25, -0.2) is 0 Å². The van der Waals surface area contributed by atoms with Gasteiger partial charge in [0, 0.05) is 24.7 Å². The van der Waals surface area contributed by atoms with E-state index in [1.54, 1.807) is 18.2 Å². The summed E-state index contributed by atoms with van der Waals surface area (Å²) in [5.41, 5.74) is 7.28. The second-order valence-corrected chi connectivity index (χ2v) is 6.92. The minimum atomic E-state index is -0.0572. The van der Waals surface area contributed by atoms with Gasteiger partial charge in [-0.3, -0.25) is 4.79 Å². The lowest BCUT2D eigenvalue weighted by Gasteiger charge is -2.33. The van der Waals surface area contributed by atoms with E-state index in [2.05, 4.69) is 0 Å². The first-order chi connectivity index (χ1) is 12.1. The molecule has 0 aliphatic carbocycles. The lowest BCUT2D eigenvalue weighted by atomic mass is 10.1. The van der Waals surface area contributed by atoms with E-state index in [1.807, 2.05) is 29.2 Å². The number of likely N-dealkylation sites (tertiary alicyclic amines) is 1. The van der Waals surface area contributed by atoms with Crippen LogP contribution in [0.2, 0.25) is 10.0 Å². The van der Waals surface area contributed by atoms with Crippen molar-refractivity contribution in [2.75, 3.05) is 13.1 Å². The molecule has 7 heteroatoms. The molecule has 1 aliphatic rings. The molecule has 1 heterocycles. The van der Waals surface area contributed by atoms with Crippen LogP contribution in [0.15, 0.2) is 42.5 Å². The van der Waals surface area contributed by atoms with E-state index in [0.29, 0.717) is 34.4 Å². The molecule has 1 fully saturated rings. The van der Waals surface area contributed by atoms with Crippen molar-refractivity contribution in [1.82, 2.24) is 4.90 Å². The van der Waals surface area contributed by atoms with Gasteiger partial charge in [0.1, 0.15) is 11.9 Å². The fourth-order valence-corrected chi connectivity index (χ4v) is 3.22. The van der Waals surface area contributed by atoms with Crippen molar-refractivity contribution in [3.63, 3.8) is 0 Å². The van der Waals surface area contributed by atoms with Gasteiger partial charge >= 0.3 is 0 Å². The molecule has 1 amide bonds. The van der Waals surface area contributed by atoms with Crippen LogP contribution in [-0.2, 0) is 6.54 Å².